The van der Waals surface area contributed by atoms with E-state index in [1.165, 1.54) is 12.1 Å². The Morgan fingerprint density at radius 2 is 1.97 bits per heavy atom. The molecule has 0 aliphatic heterocycles. The fourth-order valence-corrected chi connectivity index (χ4v) is 2.83. The van der Waals surface area contributed by atoms with E-state index in [0.717, 1.165) is 6.33 Å². The van der Waals surface area contributed by atoms with Crippen molar-refractivity contribution in [1.29, 1.82) is 0 Å². The van der Waals surface area contributed by atoms with Gasteiger partial charge in [0.1, 0.15) is 17.9 Å². The largest absolute Gasteiger partial charge is 0.482 e. The SMILES string of the molecule is Cc1cccc(Nc2ncnc(NNC(=O)COc3ccc(Cl)cc3Cl)c2[N+](=O)[O-])n1. The first-order valence-corrected chi connectivity index (χ1v) is 9.42. The monoisotopic (exact) mass is 463 g/mol. The van der Waals surface area contributed by atoms with Crippen LogP contribution in [0.15, 0.2) is 42.7 Å². The summed E-state index contributed by atoms with van der Waals surface area (Å²) in [7, 11) is 0. The number of benzene rings is 1. The second-order valence-electron chi connectivity index (χ2n) is 6.00. The Labute approximate surface area is 185 Å². The van der Waals surface area contributed by atoms with Crippen LogP contribution in [0, 0.1) is 17.0 Å². The second kappa shape index (κ2) is 9.87. The molecule has 1 aromatic carbocycles. The lowest BCUT2D eigenvalue weighted by Gasteiger charge is -2.11. The summed E-state index contributed by atoms with van der Waals surface area (Å²) in [5.74, 6) is -0.336. The standard InChI is InChI=1S/C18H15Cl2N7O4/c1-10-3-2-4-14(23-10)24-17-16(27(29)30)18(22-9-21-17)26-25-15(28)8-31-13-6-5-11(19)7-12(13)20/h2-7,9H,8H2,1H3,(H,25,28)(H2,21,22,23,24,26). The molecule has 2 heterocycles. The van der Waals surface area contributed by atoms with Crippen LogP contribution in [-0.4, -0.2) is 32.4 Å². The van der Waals surface area contributed by atoms with Crippen LogP contribution in [0.1, 0.15) is 5.69 Å². The number of rotatable bonds is 8. The average Bonchev–Trinajstić information content (AvgIpc) is 2.71. The molecule has 0 bridgehead atoms. The van der Waals surface area contributed by atoms with Crippen LogP contribution in [0.2, 0.25) is 10.0 Å². The minimum atomic E-state index is -0.684. The van der Waals surface area contributed by atoms with Gasteiger partial charge in [0, 0.05) is 10.7 Å². The summed E-state index contributed by atoms with van der Waals surface area (Å²) in [6, 6.07) is 9.69. The molecule has 11 nitrogen and oxygen atoms in total. The topological polar surface area (TPSA) is 144 Å². The van der Waals surface area contributed by atoms with Crippen molar-refractivity contribution in [2.45, 2.75) is 6.92 Å². The minimum Gasteiger partial charge on any atom is -0.482 e. The van der Waals surface area contributed by atoms with Crippen molar-refractivity contribution in [2.75, 3.05) is 17.3 Å². The fraction of sp³-hybridized carbons (Fsp3) is 0.111. The summed E-state index contributed by atoms with van der Waals surface area (Å²) >= 11 is 11.8. The number of pyridine rings is 1. The molecule has 31 heavy (non-hydrogen) atoms. The lowest BCUT2D eigenvalue weighted by atomic mass is 10.3. The molecule has 0 saturated heterocycles. The number of anilines is 3. The van der Waals surface area contributed by atoms with E-state index in [9.17, 15) is 14.9 Å². The van der Waals surface area contributed by atoms with Crippen LogP contribution in [0.3, 0.4) is 0 Å². The molecule has 0 aliphatic carbocycles. The molecule has 0 unspecified atom stereocenters. The Bertz CT molecular complexity index is 1130. The maximum Gasteiger partial charge on any atom is 0.355 e. The summed E-state index contributed by atoms with van der Waals surface area (Å²) in [4.78, 5) is 34.9. The number of aryl methyl sites for hydroxylation is 1. The van der Waals surface area contributed by atoms with Crippen LogP contribution in [0.25, 0.3) is 0 Å². The van der Waals surface area contributed by atoms with E-state index in [4.69, 9.17) is 27.9 Å². The van der Waals surface area contributed by atoms with E-state index in [0.29, 0.717) is 16.5 Å². The Morgan fingerprint density at radius 3 is 2.68 bits per heavy atom. The zero-order valence-electron chi connectivity index (χ0n) is 15.9. The van der Waals surface area contributed by atoms with E-state index < -0.39 is 23.1 Å². The average molecular weight is 464 g/mol. The smallest absolute Gasteiger partial charge is 0.355 e. The van der Waals surface area contributed by atoms with Crippen molar-refractivity contribution in [3.05, 3.63) is 68.6 Å². The molecule has 1 amide bonds. The number of aromatic nitrogens is 3. The molecule has 3 N–H and O–H groups in total. The highest BCUT2D eigenvalue weighted by atomic mass is 35.5. The number of carbonyl (C=O) groups excluding carboxylic acids is 1. The zero-order chi connectivity index (χ0) is 22.4. The number of ether oxygens (including phenoxy) is 1. The summed E-state index contributed by atoms with van der Waals surface area (Å²) < 4.78 is 5.30. The summed E-state index contributed by atoms with van der Waals surface area (Å²) in [6.07, 6.45) is 1.10. The van der Waals surface area contributed by atoms with Gasteiger partial charge in [0.05, 0.1) is 9.95 Å². The molecule has 3 rings (SSSR count). The fourth-order valence-electron chi connectivity index (χ4n) is 2.37. The highest BCUT2D eigenvalue weighted by Crippen LogP contribution is 2.30. The molecule has 0 spiro atoms. The number of carbonyl (C=O) groups is 1. The Morgan fingerprint density at radius 1 is 1.19 bits per heavy atom. The van der Waals surface area contributed by atoms with E-state index in [1.54, 1.807) is 31.2 Å². The van der Waals surface area contributed by atoms with Crippen molar-refractivity contribution in [3.8, 4) is 5.75 Å². The Balaban J connectivity index is 1.68. The molecule has 0 radical (unpaired) electrons. The van der Waals surface area contributed by atoms with Crippen LogP contribution in [0.4, 0.5) is 23.1 Å². The van der Waals surface area contributed by atoms with Crippen molar-refractivity contribution in [2.24, 2.45) is 0 Å². The van der Waals surface area contributed by atoms with Gasteiger partial charge in [-0.2, -0.15) is 0 Å². The number of hydrogen-bond acceptors (Lipinski definition) is 9. The van der Waals surface area contributed by atoms with Gasteiger partial charge >= 0.3 is 5.69 Å². The third-order valence-corrected chi connectivity index (χ3v) is 4.24. The molecular formula is C18H15Cl2N7O4. The van der Waals surface area contributed by atoms with Crippen LogP contribution >= 0.6 is 23.2 Å². The van der Waals surface area contributed by atoms with Crippen LogP contribution < -0.4 is 20.9 Å². The second-order valence-corrected chi connectivity index (χ2v) is 6.85. The highest BCUT2D eigenvalue weighted by molar-refractivity contribution is 6.35. The van der Waals surface area contributed by atoms with Gasteiger partial charge in [-0.15, -0.1) is 0 Å². The van der Waals surface area contributed by atoms with Gasteiger partial charge in [0.2, 0.25) is 11.6 Å². The van der Waals surface area contributed by atoms with Crippen molar-refractivity contribution in [3.63, 3.8) is 0 Å². The predicted molar refractivity (Wildman–Crippen MR) is 115 cm³/mol. The molecule has 0 aliphatic rings. The summed E-state index contributed by atoms with van der Waals surface area (Å²) in [5, 5.41) is 15.0. The molecule has 0 atom stereocenters. The third kappa shape index (κ3) is 5.90. The van der Waals surface area contributed by atoms with Crippen molar-refractivity contribution in [1.82, 2.24) is 20.4 Å². The van der Waals surface area contributed by atoms with Gasteiger partial charge in [-0.05, 0) is 37.3 Å². The van der Waals surface area contributed by atoms with Gasteiger partial charge in [-0.25, -0.2) is 15.0 Å². The van der Waals surface area contributed by atoms with E-state index in [2.05, 4.69) is 31.1 Å². The maximum atomic E-state index is 12.1. The first-order chi connectivity index (χ1) is 14.8. The number of nitrogens with one attached hydrogen (secondary N) is 3. The number of hydrazine groups is 1. The molecule has 0 fully saturated rings. The quantitative estimate of drug-likeness (QED) is 0.336. The van der Waals surface area contributed by atoms with Gasteiger partial charge < -0.3 is 10.1 Å². The Kier molecular flexibility index (Phi) is 7.00. The van der Waals surface area contributed by atoms with E-state index in [-0.39, 0.29) is 22.4 Å². The first kappa shape index (κ1) is 22.0. The van der Waals surface area contributed by atoms with Crippen molar-refractivity contribution < 1.29 is 14.5 Å². The molecule has 3 aromatic rings. The minimum absolute atomic E-state index is 0.0981. The van der Waals surface area contributed by atoms with Gasteiger partial charge in [0.25, 0.3) is 5.91 Å². The summed E-state index contributed by atoms with van der Waals surface area (Å²) in [5.41, 5.74) is 4.92. The van der Waals surface area contributed by atoms with Crippen LogP contribution in [0.5, 0.6) is 5.75 Å². The Hall–Kier alpha value is -3.70. The molecule has 160 valence electrons. The number of nitrogens with zero attached hydrogens (tertiary/aromatic N) is 4. The van der Waals surface area contributed by atoms with Gasteiger partial charge in [-0.3, -0.25) is 25.8 Å². The normalized spacial score (nSPS) is 10.3. The highest BCUT2D eigenvalue weighted by Gasteiger charge is 2.24. The van der Waals surface area contributed by atoms with E-state index >= 15 is 0 Å². The summed E-state index contributed by atoms with van der Waals surface area (Å²) in [6.45, 7) is 1.37. The van der Waals surface area contributed by atoms with E-state index in [1.807, 2.05) is 0 Å². The zero-order valence-corrected chi connectivity index (χ0v) is 17.4. The predicted octanol–water partition coefficient (Wildman–Crippen LogP) is 3.66. The lowest BCUT2D eigenvalue weighted by molar-refractivity contribution is -0.383. The van der Waals surface area contributed by atoms with Gasteiger partial charge in [0.15, 0.2) is 6.61 Å². The number of nitro groups is 1. The molecule has 13 heteroatoms. The molecule has 2 aromatic heterocycles. The van der Waals surface area contributed by atoms with Gasteiger partial charge in [-0.1, -0.05) is 29.3 Å². The molecular weight excluding hydrogens is 449 g/mol. The number of amides is 1. The lowest BCUT2D eigenvalue weighted by Crippen LogP contribution is -2.34. The molecule has 0 saturated carbocycles. The van der Waals surface area contributed by atoms with Crippen LogP contribution in [-0.2, 0) is 4.79 Å². The maximum absolute atomic E-state index is 12.1. The number of halogens is 2. The van der Waals surface area contributed by atoms with Crippen molar-refractivity contribution >= 4 is 52.3 Å². The first-order valence-electron chi connectivity index (χ1n) is 8.66. The third-order valence-electron chi connectivity index (χ3n) is 3.71. The number of hydrogen-bond donors (Lipinski definition) is 3.